The van der Waals surface area contributed by atoms with Crippen LogP contribution in [-0.4, -0.2) is 36.5 Å². The maximum absolute atomic E-state index is 13.1. The quantitative estimate of drug-likeness (QED) is 0.505. The third-order valence-corrected chi connectivity index (χ3v) is 5.91. The molecule has 0 aliphatic rings. The fourth-order valence-electron chi connectivity index (χ4n) is 3.02. The maximum Gasteiger partial charge on any atom is 0.278 e. The molecule has 0 saturated carbocycles. The number of nitrogens with two attached hydrogens (primary N) is 1. The van der Waals surface area contributed by atoms with E-state index < -0.39 is 21.2 Å². The summed E-state index contributed by atoms with van der Waals surface area (Å²) in [5, 5.41) is 3.06. The van der Waals surface area contributed by atoms with Crippen molar-refractivity contribution in [2.45, 2.75) is 38.8 Å². The van der Waals surface area contributed by atoms with Crippen LogP contribution in [0.5, 0.6) is 0 Å². The number of nitrogens with zero attached hydrogens (tertiary/aromatic N) is 2. The van der Waals surface area contributed by atoms with Gasteiger partial charge in [-0.25, -0.2) is 8.42 Å². The predicted molar refractivity (Wildman–Crippen MR) is 114 cm³/mol. The minimum Gasteiger partial charge on any atom is -0.403 e. The smallest absolute Gasteiger partial charge is 0.278 e. The highest BCUT2D eigenvalue weighted by Crippen LogP contribution is 2.26. The second-order valence-electron chi connectivity index (χ2n) is 6.50. The first kappa shape index (κ1) is 22.6. The Labute approximate surface area is 174 Å². The minimum atomic E-state index is -3.56. The van der Waals surface area contributed by atoms with Crippen molar-refractivity contribution in [3.63, 3.8) is 0 Å². The van der Waals surface area contributed by atoms with Crippen molar-refractivity contribution in [3.05, 3.63) is 61.7 Å². The van der Waals surface area contributed by atoms with Gasteiger partial charge in [-0.3, -0.25) is 24.4 Å². The molecule has 0 unspecified atom stereocenters. The van der Waals surface area contributed by atoms with E-state index in [2.05, 4.69) is 10.1 Å². The summed E-state index contributed by atoms with van der Waals surface area (Å²) in [7, 11) is -3.56. The molecule has 3 N–H and O–H groups in total. The van der Waals surface area contributed by atoms with Crippen molar-refractivity contribution < 1.29 is 13.2 Å². The van der Waals surface area contributed by atoms with Gasteiger partial charge in [-0.05, 0) is 44.0 Å². The molecule has 156 valence electrons. The zero-order valence-corrected chi connectivity index (χ0v) is 18.2. The topological polar surface area (TPSA) is 127 Å². The first-order chi connectivity index (χ1) is 13.5. The van der Waals surface area contributed by atoms with Crippen LogP contribution in [0.4, 0.5) is 0 Å². The van der Waals surface area contributed by atoms with E-state index in [1.165, 1.54) is 23.0 Å². The lowest BCUT2D eigenvalue weighted by Gasteiger charge is -2.13. The number of H-pyrrole nitrogens is 1. The predicted octanol–water partition coefficient (Wildman–Crippen LogP) is 2.06. The molecule has 0 atom stereocenters. The van der Waals surface area contributed by atoms with Gasteiger partial charge in [0.05, 0.1) is 16.5 Å². The Kier molecular flexibility index (Phi) is 6.86. The fourth-order valence-corrected chi connectivity index (χ4v) is 4.07. The van der Waals surface area contributed by atoms with Crippen molar-refractivity contribution in [2.75, 3.05) is 6.26 Å². The van der Waals surface area contributed by atoms with E-state index >= 15 is 0 Å². The van der Waals surface area contributed by atoms with Crippen LogP contribution in [0.2, 0.25) is 0 Å². The molecular formula is C19H23ClN4O4S. The summed E-state index contributed by atoms with van der Waals surface area (Å²) >= 11 is 5.79. The minimum absolute atomic E-state index is 0.0231. The average molecular weight is 439 g/mol. The van der Waals surface area contributed by atoms with Crippen LogP contribution in [0.3, 0.4) is 0 Å². The van der Waals surface area contributed by atoms with Gasteiger partial charge in [-0.2, -0.15) is 0 Å². The number of aliphatic imine (C=N–C) groups is 1. The first-order valence-corrected chi connectivity index (χ1v) is 11.0. The van der Waals surface area contributed by atoms with Crippen molar-refractivity contribution in [1.82, 2.24) is 9.78 Å². The molecule has 1 heterocycles. The molecule has 2 aromatic rings. The monoisotopic (exact) mass is 438 g/mol. The van der Waals surface area contributed by atoms with E-state index in [1.807, 2.05) is 0 Å². The molecule has 0 radical (unpaired) electrons. The molecule has 0 amide bonds. The number of halogens is 1. The second kappa shape index (κ2) is 8.79. The number of aryl methyl sites for hydroxylation is 2. The van der Waals surface area contributed by atoms with Crippen LogP contribution in [0.25, 0.3) is 0 Å². The Morgan fingerprint density at radius 3 is 2.52 bits per heavy atom. The van der Waals surface area contributed by atoms with Crippen molar-refractivity contribution in [1.29, 1.82) is 0 Å². The van der Waals surface area contributed by atoms with E-state index in [1.54, 1.807) is 20.8 Å². The summed E-state index contributed by atoms with van der Waals surface area (Å²) in [6.45, 7) is 5.44. The first-order valence-electron chi connectivity index (χ1n) is 8.76. The van der Waals surface area contributed by atoms with Crippen LogP contribution in [0, 0.1) is 13.8 Å². The summed E-state index contributed by atoms with van der Waals surface area (Å²) in [6, 6.07) is 2.79. The number of ketones is 1. The molecule has 8 nitrogen and oxygen atoms in total. The fraction of sp³-hybridized carbons (Fsp3) is 0.316. The molecule has 2 rings (SSSR count). The van der Waals surface area contributed by atoms with Gasteiger partial charge in [-0.15, -0.1) is 0 Å². The van der Waals surface area contributed by atoms with Gasteiger partial charge in [0.15, 0.2) is 9.84 Å². The molecule has 0 aliphatic heterocycles. The van der Waals surface area contributed by atoms with Crippen LogP contribution >= 0.6 is 11.6 Å². The lowest BCUT2D eigenvalue weighted by Crippen LogP contribution is -2.22. The van der Waals surface area contributed by atoms with Crippen LogP contribution in [-0.2, 0) is 22.9 Å². The Bertz CT molecular complexity index is 1170. The van der Waals surface area contributed by atoms with Crippen molar-refractivity contribution >= 4 is 33.4 Å². The average Bonchev–Trinajstić information content (AvgIpc) is 2.94. The normalized spacial score (nSPS) is 12.7. The highest BCUT2D eigenvalue weighted by atomic mass is 35.5. The van der Waals surface area contributed by atoms with Crippen LogP contribution in [0.1, 0.15) is 39.7 Å². The van der Waals surface area contributed by atoms with Gasteiger partial charge in [0, 0.05) is 36.5 Å². The Morgan fingerprint density at radius 1 is 1.34 bits per heavy atom. The Hall–Kier alpha value is -2.65. The van der Waals surface area contributed by atoms with Crippen molar-refractivity contribution in [2.24, 2.45) is 10.7 Å². The van der Waals surface area contributed by atoms with E-state index in [4.69, 9.17) is 17.3 Å². The number of aromatic amines is 1. The summed E-state index contributed by atoms with van der Waals surface area (Å²) in [4.78, 5) is 29.8. The SMILES string of the molecule is CCn1[nH]c(C)c(C(=O)c2ccc(S(C)(=O)=O)c(CN=CC(Cl)=CN)c2C)c1=O. The molecule has 0 bridgehead atoms. The third kappa shape index (κ3) is 4.68. The highest BCUT2D eigenvalue weighted by molar-refractivity contribution is 7.90. The van der Waals surface area contributed by atoms with E-state index in [0.717, 1.165) is 12.5 Å². The number of carbonyl (C=O) groups excluding carboxylic acids is 1. The lowest BCUT2D eigenvalue weighted by atomic mass is 9.95. The number of benzene rings is 1. The molecule has 0 aliphatic carbocycles. The van der Waals surface area contributed by atoms with Crippen LogP contribution < -0.4 is 11.3 Å². The number of hydrogen-bond acceptors (Lipinski definition) is 6. The van der Waals surface area contributed by atoms with Gasteiger partial charge in [0.2, 0.25) is 5.78 Å². The highest BCUT2D eigenvalue weighted by Gasteiger charge is 2.25. The number of allylic oxidation sites excluding steroid dienone is 1. The van der Waals surface area contributed by atoms with Gasteiger partial charge >= 0.3 is 0 Å². The van der Waals surface area contributed by atoms with Crippen LogP contribution in [0.15, 0.2) is 38.0 Å². The number of aromatic nitrogens is 2. The summed E-state index contributed by atoms with van der Waals surface area (Å²) in [5.74, 6) is -0.474. The van der Waals surface area contributed by atoms with Crippen molar-refractivity contribution in [3.8, 4) is 0 Å². The molecule has 10 heteroatoms. The van der Waals surface area contributed by atoms with E-state index in [-0.39, 0.29) is 27.6 Å². The summed E-state index contributed by atoms with van der Waals surface area (Å²) in [6.07, 6.45) is 3.54. The molecule has 1 aromatic heterocycles. The third-order valence-electron chi connectivity index (χ3n) is 4.50. The number of carbonyl (C=O) groups is 1. The zero-order chi connectivity index (χ0) is 21.9. The zero-order valence-electron chi connectivity index (χ0n) is 16.6. The van der Waals surface area contributed by atoms with Gasteiger partial charge in [0.25, 0.3) is 5.56 Å². The molecule has 0 saturated heterocycles. The van der Waals surface area contributed by atoms with E-state index in [0.29, 0.717) is 23.4 Å². The molecule has 1 aromatic carbocycles. The molecule has 0 spiro atoms. The lowest BCUT2D eigenvalue weighted by molar-refractivity contribution is 0.103. The standard InChI is InChI=1S/C19H23ClN4O4S/c1-5-24-19(26)17(12(3)23-24)18(25)14-6-7-16(29(4,27)28)15(11(14)2)10-22-9-13(20)8-21/h6-9,23H,5,10,21H2,1-4H3. The number of nitrogens with one attached hydrogen (secondary N) is 1. The maximum atomic E-state index is 13.1. The Morgan fingerprint density at radius 2 is 2.00 bits per heavy atom. The summed E-state index contributed by atoms with van der Waals surface area (Å²) < 4.78 is 25.8. The molecular weight excluding hydrogens is 416 g/mol. The van der Waals surface area contributed by atoms with Gasteiger partial charge in [0.1, 0.15) is 5.56 Å². The molecule has 29 heavy (non-hydrogen) atoms. The van der Waals surface area contributed by atoms with Gasteiger partial charge in [-0.1, -0.05) is 11.6 Å². The number of rotatable bonds is 7. The van der Waals surface area contributed by atoms with E-state index in [9.17, 15) is 18.0 Å². The number of hydrogen-bond donors (Lipinski definition) is 2. The second-order valence-corrected chi connectivity index (χ2v) is 8.92. The number of sulfone groups is 1. The van der Waals surface area contributed by atoms with Gasteiger partial charge < -0.3 is 5.73 Å². The Balaban J connectivity index is 2.65. The largest absolute Gasteiger partial charge is 0.403 e. The summed E-state index contributed by atoms with van der Waals surface area (Å²) in [5.41, 5.74) is 6.40. The molecule has 0 fully saturated rings.